The summed E-state index contributed by atoms with van der Waals surface area (Å²) in [6.07, 6.45) is 1.97. The minimum Gasteiger partial charge on any atom is -0.381 e. The summed E-state index contributed by atoms with van der Waals surface area (Å²) in [5.41, 5.74) is 3.63. The van der Waals surface area contributed by atoms with E-state index in [1.165, 1.54) is 0 Å². The number of nitrogens with one attached hydrogen (secondary N) is 1. The molecule has 2 heterocycles. The van der Waals surface area contributed by atoms with Crippen LogP contribution in [0.5, 0.6) is 0 Å². The third-order valence-corrected chi connectivity index (χ3v) is 3.03. The fourth-order valence-corrected chi connectivity index (χ4v) is 1.98. The molecule has 1 aromatic rings. The van der Waals surface area contributed by atoms with Gasteiger partial charge >= 0.3 is 0 Å². The Morgan fingerprint density at radius 1 is 1.53 bits per heavy atom. The van der Waals surface area contributed by atoms with Crippen molar-refractivity contribution in [1.29, 1.82) is 0 Å². The monoisotopic (exact) mass is 236 g/mol. The molecule has 2 rings (SSSR count). The molecule has 17 heavy (non-hydrogen) atoms. The number of aromatic nitrogens is 2. The molecule has 0 saturated carbocycles. The van der Waals surface area contributed by atoms with Gasteiger partial charge < -0.3 is 10.2 Å². The predicted molar refractivity (Wildman–Crippen MR) is 66.6 cm³/mol. The van der Waals surface area contributed by atoms with Crippen LogP contribution in [0, 0.1) is 5.92 Å². The predicted octanol–water partition coefficient (Wildman–Crippen LogP) is 1.46. The summed E-state index contributed by atoms with van der Waals surface area (Å²) < 4.78 is 5.37. The number of nitrogen functional groups attached to an aromatic ring is 1. The molecule has 5 heteroatoms. The van der Waals surface area contributed by atoms with Crippen LogP contribution in [0.4, 0.5) is 5.82 Å². The fraction of sp³-hybridized carbons (Fsp3) is 0.667. The van der Waals surface area contributed by atoms with Crippen molar-refractivity contribution in [2.45, 2.75) is 32.6 Å². The van der Waals surface area contributed by atoms with Crippen LogP contribution in [-0.4, -0.2) is 23.2 Å². The van der Waals surface area contributed by atoms with Gasteiger partial charge in [0, 0.05) is 31.4 Å². The molecule has 3 N–H and O–H groups in total. The number of hydrazine groups is 1. The Bertz CT molecular complexity index is 375. The van der Waals surface area contributed by atoms with Crippen LogP contribution in [0.15, 0.2) is 6.07 Å². The van der Waals surface area contributed by atoms with Gasteiger partial charge in [-0.1, -0.05) is 13.8 Å². The molecule has 0 spiro atoms. The highest BCUT2D eigenvalue weighted by molar-refractivity contribution is 5.35. The maximum absolute atomic E-state index is 5.43. The lowest BCUT2D eigenvalue weighted by Crippen LogP contribution is -2.14. The van der Waals surface area contributed by atoms with Crippen molar-refractivity contribution in [1.82, 2.24) is 9.97 Å². The molecule has 0 amide bonds. The molecule has 0 aromatic carbocycles. The molecule has 0 radical (unpaired) electrons. The fourth-order valence-electron chi connectivity index (χ4n) is 1.98. The lowest BCUT2D eigenvalue weighted by Gasteiger charge is -2.11. The van der Waals surface area contributed by atoms with Crippen LogP contribution >= 0.6 is 0 Å². The molecule has 94 valence electrons. The van der Waals surface area contributed by atoms with Gasteiger partial charge in [0.05, 0.1) is 0 Å². The van der Waals surface area contributed by atoms with Crippen LogP contribution in [0.3, 0.4) is 0 Å². The summed E-state index contributed by atoms with van der Waals surface area (Å²) in [7, 11) is 0. The van der Waals surface area contributed by atoms with E-state index in [0.29, 0.717) is 17.7 Å². The van der Waals surface area contributed by atoms with Crippen molar-refractivity contribution in [3.63, 3.8) is 0 Å². The molecule has 0 aliphatic carbocycles. The van der Waals surface area contributed by atoms with Crippen LogP contribution in [0.2, 0.25) is 0 Å². The molecule has 1 atom stereocenters. The third-order valence-electron chi connectivity index (χ3n) is 3.03. The minimum absolute atomic E-state index is 0.378. The lowest BCUT2D eigenvalue weighted by atomic mass is 10.0. The summed E-state index contributed by atoms with van der Waals surface area (Å²) in [4.78, 5) is 8.98. The van der Waals surface area contributed by atoms with Crippen LogP contribution in [0.1, 0.15) is 37.7 Å². The molecule has 1 fully saturated rings. The van der Waals surface area contributed by atoms with E-state index in [0.717, 1.165) is 37.6 Å². The van der Waals surface area contributed by atoms with Crippen LogP contribution in [-0.2, 0) is 11.2 Å². The molecule has 0 bridgehead atoms. The van der Waals surface area contributed by atoms with Crippen molar-refractivity contribution >= 4 is 5.82 Å². The summed E-state index contributed by atoms with van der Waals surface area (Å²) >= 11 is 0. The minimum atomic E-state index is 0.378. The number of nitrogens with two attached hydrogens (primary N) is 1. The molecular formula is C12H20N4O. The van der Waals surface area contributed by atoms with Gasteiger partial charge in [0.15, 0.2) is 0 Å². The van der Waals surface area contributed by atoms with Gasteiger partial charge in [-0.15, -0.1) is 0 Å². The maximum atomic E-state index is 5.43. The van der Waals surface area contributed by atoms with Gasteiger partial charge in [0.2, 0.25) is 0 Å². The van der Waals surface area contributed by atoms with Gasteiger partial charge in [-0.3, -0.25) is 0 Å². The molecule has 1 aromatic heterocycles. The van der Waals surface area contributed by atoms with E-state index in [1.807, 2.05) is 6.07 Å². The van der Waals surface area contributed by atoms with E-state index in [2.05, 4.69) is 29.2 Å². The highest BCUT2D eigenvalue weighted by Gasteiger charge is 2.18. The van der Waals surface area contributed by atoms with E-state index in [9.17, 15) is 0 Å². The van der Waals surface area contributed by atoms with E-state index in [4.69, 9.17) is 10.6 Å². The smallest absolute Gasteiger partial charge is 0.143 e. The Labute approximate surface area is 102 Å². The number of nitrogens with zero attached hydrogens (tertiary/aromatic N) is 2. The topological polar surface area (TPSA) is 73.1 Å². The van der Waals surface area contributed by atoms with Crippen LogP contribution in [0.25, 0.3) is 0 Å². The standard InChI is InChI=1S/C12H20N4O/c1-8(2)10-6-12(16-13)15-11(14-10)5-9-3-4-17-7-9/h6,8-9H,3-5,7,13H2,1-2H3,(H,14,15,16). The maximum Gasteiger partial charge on any atom is 0.143 e. The van der Waals surface area contributed by atoms with Crippen molar-refractivity contribution in [2.24, 2.45) is 11.8 Å². The number of ether oxygens (including phenoxy) is 1. The summed E-state index contributed by atoms with van der Waals surface area (Å²) in [5, 5.41) is 0. The largest absolute Gasteiger partial charge is 0.381 e. The quantitative estimate of drug-likeness (QED) is 0.611. The summed E-state index contributed by atoms with van der Waals surface area (Å²) in [6.45, 7) is 5.91. The Morgan fingerprint density at radius 3 is 2.94 bits per heavy atom. The first-order valence-electron chi connectivity index (χ1n) is 6.11. The highest BCUT2D eigenvalue weighted by atomic mass is 16.5. The molecule has 1 aliphatic heterocycles. The third kappa shape index (κ3) is 3.14. The molecule has 1 unspecified atom stereocenters. The van der Waals surface area contributed by atoms with Crippen molar-refractivity contribution in [3.8, 4) is 0 Å². The molecule has 1 saturated heterocycles. The first-order chi connectivity index (χ1) is 8.19. The Morgan fingerprint density at radius 2 is 2.35 bits per heavy atom. The number of anilines is 1. The van der Waals surface area contributed by atoms with Gasteiger partial charge in [0.1, 0.15) is 11.6 Å². The summed E-state index contributed by atoms with van der Waals surface area (Å²) in [6, 6.07) is 1.90. The average molecular weight is 236 g/mol. The second-order valence-electron chi connectivity index (χ2n) is 4.83. The normalized spacial score (nSPS) is 19.9. The van der Waals surface area contributed by atoms with E-state index in [1.54, 1.807) is 0 Å². The Kier molecular flexibility index (Phi) is 3.91. The van der Waals surface area contributed by atoms with E-state index >= 15 is 0 Å². The van der Waals surface area contributed by atoms with E-state index < -0.39 is 0 Å². The van der Waals surface area contributed by atoms with Gasteiger partial charge in [-0.05, 0) is 18.3 Å². The zero-order valence-corrected chi connectivity index (χ0v) is 10.4. The zero-order valence-electron chi connectivity index (χ0n) is 10.4. The van der Waals surface area contributed by atoms with E-state index in [-0.39, 0.29) is 0 Å². The van der Waals surface area contributed by atoms with Crippen molar-refractivity contribution < 1.29 is 4.74 Å². The first kappa shape index (κ1) is 12.3. The van der Waals surface area contributed by atoms with Crippen LogP contribution < -0.4 is 11.3 Å². The van der Waals surface area contributed by atoms with Gasteiger partial charge in [0.25, 0.3) is 0 Å². The lowest BCUT2D eigenvalue weighted by molar-refractivity contribution is 0.185. The number of hydrogen-bond donors (Lipinski definition) is 2. The van der Waals surface area contributed by atoms with Gasteiger partial charge in [-0.2, -0.15) is 0 Å². The van der Waals surface area contributed by atoms with Gasteiger partial charge in [-0.25, -0.2) is 15.8 Å². The zero-order chi connectivity index (χ0) is 12.3. The second kappa shape index (κ2) is 5.42. The number of hydrogen-bond acceptors (Lipinski definition) is 5. The molecular weight excluding hydrogens is 216 g/mol. The Hall–Kier alpha value is -1.20. The second-order valence-corrected chi connectivity index (χ2v) is 4.83. The Balaban J connectivity index is 2.16. The summed E-state index contributed by atoms with van der Waals surface area (Å²) in [5.74, 6) is 7.91. The average Bonchev–Trinajstić information content (AvgIpc) is 2.81. The SMILES string of the molecule is CC(C)c1cc(NN)nc(CC2CCOC2)n1. The molecule has 1 aliphatic rings. The van der Waals surface area contributed by atoms with Crippen molar-refractivity contribution in [3.05, 3.63) is 17.6 Å². The first-order valence-corrected chi connectivity index (χ1v) is 6.11. The molecule has 5 nitrogen and oxygen atoms in total. The highest BCUT2D eigenvalue weighted by Crippen LogP contribution is 2.20. The number of rotatable bonds is 4. The van der Waals surface area contributed by atoms with Crippen molar-refractivity contribution in [2.75, 3.05) is 18.6 Å².